The second-order valence-electron chi connectivity index (χ2n) is 4.74. The average Bonchev–Trinajstić information content (AvgIpc) is 2.55. The molecule has 2 saturated heterocycles. The maximum atomic E-state index is 10.8. The van der Waals surface area contributed by atoms with Gasteiger partial charge in [0.25, 0.3) is 0 Å². The molecule has 1 saturated carbocycles. The summed E-state index contributed by atoms with van der Waals surface area (Å²) in [7, 11) is 0. The summed E-state index contributed by atoms with van der Waals surface area (Å²) >= 11 is 0. The molecule has 2 unspecified atom stereocenters. The van der Waals surface area contributed by atoms with Gasteiger partial charge in [-0.05, 0) is 44.9 Å². The topological polar surface area (TPSA) is 55.8 Å². The van der Waals surface area contributed by atoms with Gasteiger partial charge in [0.2, 0.25) is 0 Å². The van der Waals surface area contributed by atoms with Gasteiger partial charge in [0.15, 0.2) is 6.29 Å². The Kier molecular flexibility index (Phi) is 4.18. The zero-order valence-corrected chi connectivity index (χ0v) is 9.56. The number of aliphatic hydroxyl groups excluding tert-OH is 1. The minimum absolute atomic E-state index is 0.0532. The molecule has 4 nitrogen and oxygen atoms in total. The molecule has 3 fully saturated rings. The van der Waals surface area contributed by atoms with Gasteiger partial charge < -0.3 is 14.6 Å². The summed E-state index contributed by atoms with van der Waals surface area (Å²) in [6, 6.07) is 0. The lowest BCUT2D eigenvalue weighted by atomic mass is 9.90. The van der Waals surface area contributed by atoms with Crippen molar-refractivity contribution in [3.8, 4) is 0 Å². The average molecular weight is 228 g/mol. The SMILES string of the molecule is O=C1O[C@@H]2CCCC1C2.OC1CCCCO1. The predicted molar refractivity (Wildman–Crippen MR) is 57.6 cm³/mol. The Balaban J connectivity index is 0.000000125. The van der Waals surface area contributed by atoms with Crippen LogP contribution in [0.4, 0.5) is 0 Å². The molecule has 0 radical (unpaired) electrons. The highest BCUT2D eigenvalue weighted by Crippen LogP contribution is 2.33. The molecule has 16 heavy (non-hydrogen) atoms. The molecule has 2 heterocycles. The van der Waals surface area contributed by atoms with Gasteiger partial charge in [-0.15, -0.1) is 0 Å². The largest absolute Gasteiger partial charge is 0.462 e. The van der Waals surface area contributed by atoms with Crippen LogP contribution in [0.3, 0.4) is 0 Å². The Morgan fingerprint density at radius 1 is 1.12 bits per heavy atom. The number of ether oxygens (including phenoxy) is 2. The standard InChI is InChI=1S/C7H10O2.C5H10O2/c8-7-5-2-1-3-6(4-5)9-7;6-5-3-1-2-4-7-5/h5-6H,1-4H2;5-6H,1-4H2/t5?,6-;/m1./s1. The molecule has 0 aromatic rings. The van der Waals surface area contributed by atoms with Gasteiger partial charge in [-0.2, -0.15) is 0 Å². The van der Waals surface area contributed by atoms with Crippen molar-refractivity contribution in [2.45, 2.75) is 57.3 Å². The molecule has 4 heteroatoms. The van der Waals surface area contributed by atoms with Crippen LogP contribution in [-0.4, -0.2) is 30.1 Å². The third-order valence-electron chi connectivity index (χ3n) is 3.40. The molecular formula is C12H20O4. The van der Waals surface area contributed by atoms with Gasteiger partial charge >= 0.3 is 5.97 Å². The summed E-state index contributed by atoms with van der Waals surface area (Å²) in [6.07, 6.45) is 7.21. The molecule has 3 atom stereocenters. The van der Waals surface area contributed by atoms with Crippen LogP contribution in [0.1, 0.15) is 44.9 Å². The van der Waals surface area contributed by atoms with Crippen molar-refractivity contribution in [1.29, 1.82) is 0 Å². The van der Waals surface area contributed by atoms with E-state index in [2.05, 4.69) is 0 Å². The van der Waals surface area contributed by atoms with Crippen molar-refractivity contribution in [2.75, 3.05) is 6.61 Å². The molecule has 0 aromatic heterocycles. The zero-order valence-electron chi connectivity index (χ0n) is 9.56. The van der Waals surface area contributed by atoms with Crippen molar-refractivity contribution in [3.05, 3.63) is 0 Å². The molecule has 3 aliphatic rings. The van der Waals surface area contributed by atoms with Gasteiger partial charge in [-0.1, -0.05) is 0 Å². The van der Waals surface area contributed by atoms with Crippen LogP contribution in [0.25, 0.3) is 0 Å². The molecule has 3 rings (SSSR count). The molecular weight excluding hydrogens is 208 g/mol. The fourth-order valence-corrected chi connectivity index (χ4v) is 2.45. The van der Waals surface area contributed by atoms with E-state index < -0.39 is 6.29 Å². The second kappa shape index (κ2) is 5.64. The first-order valence-corrected chi connectivity index (χ1v) is 6.26. The highest BCUT2D eigenvalue weighted by atomic mass is 16.6. The first kappa shape index (κ1) is 11.9. The van der Waals surface area contributed by atoms with Gasteiger partial charge in [0, 0.05) is 6.61 Å². The number of rotatable bonds is 0. The number of carbonyl (C=O) groups is 1. The van der Waals surface area contributed by atoms with E-state index in [0.29, 0.717) is 0 Å². The van der Waals surface area contributed by atoms with E-state index >= 15 is 0 Å². The van der Waals surface area contributed by atoms with Crippen LogP contribution in [0.2, 0.25) is 0 Å². The normalized spacial score (nSPS) is 37.3. The van der Waals surface area contributed by atoms with E-state index in [4.69, 9.17) is 14.6 Å². The second-order valence-corrected chi connectivity index (χ2v) is 4.74. The summed E-state index contributed by atoms with van der Waals surface area (Å²) in [5.41, 5.74) is 0. The number of hydrogen-bond acceptors (Lipinski definition) is 4. The van der Waals surface area contributed by atoms with Crippen molar-refractivity contribution < 1.29 is 19.4 Å². The molecule has 0 amide bonds. The lowest BCUT2D eigenvalue weighted by Gasteiger charge is -2.16. The van der Waals surface area contributed by atoms with Gasteiger partial charge in [-0.25, -0.2) is 0 Å². The number of fused-ring (bicyclic) bond motifs is 2. The Morgan fingerprint density at radius 2 is 2.00 bits per heavy atom. The predicted octanol–water partition coefficient (Wildman–Crippen LogP) is 1.61. The van der Waals surface area contributed by atoms with Crippen molar-refractivity contribution >= 4 is 5.97 Å². The van der Waals surface area contributed by atoms with Gasteiger partial charge in [0.1, 0.15) is 6.10 Å². The number of hydrogen-bond donors (Lipinski definition) is 1. The molecule has 0 aromatic carbocycles. The Morgan fingerprint density at radius 3 is 2.50 bits per heavy atom. The van der Waals surface area contributed by atoms with Crippen LogP contribution >= 0.6 is 0 Å². The highest BCUT2D eigenvalue weighted by molar-refractivity contribution is 5.74. The van der Waals surface area contributed by atoms with Crippen LogP contribution < -0.4 is 0 Å². The van der Waals surface area contributed by atoms with Gasteiger partial charge in [-0.3, -0.25) is 4.79 Å². The summed E-state index contributed by atoms with van der Waals surface area (Å²) in [5.74, 6) is 0.321. The van der Waals surface area contributed by atoms with E-state index in [1.807, 2.05) is 0 Å². The van der Waals surface area contributed by atoms with Crippen LogP contribution in [0.5, 0.6) is 0 Å². The Labute approximate surface area is 95.9 Å². The Bertz CT molecular complexity index is 235. The molecule has 92 valence electrons. The summed E-state index contributed by atoms with van der Waals surface area (Å²) < 4.78 is 9.88. The number of carbonyl (C=O) groups excluding carboxylic acids is 1. The van der Waals surface area contributed by atoms with Crippen LogP contribution in [0.15, 0.2) is 0 Å². The van der Waals surface area contributed by atoms with E-state index in [0.717, 1.165) is 45.1 Å². The summed E-state index contributed by atoms with van der Waals surface area (Å²) in [6.45, 7) is 0.737. The smallest absolute Gasteiger partial charge is 0.309 e. The van der Waals surface area contributed by atoms with Gasteiger partial charge in [0.05, 0.1) is 5.92 Å². The summed E-state index contributed by atoms with van der Waals surface area (Å²) in [4.78, 5) is 10.8. The van der Waals surface area contributed by atoms with E-state index in [1.54, 1.807) is 0 Å². The van der Waals surface area contributed by atoms with Crippen molar-refractivity contribution in [2.24, 2.45) is 5.92 Å². The molecule has 2 bridgehead atoms. The number of esters is 1. The molecule has 1 N–H and O–H groups in total. The van der Waals surface area contributed by atoms with E-state index in [-0.39, 0.29) is 18.0 Å². The Hall–Kier alpha value is -0.610. The maximum Gasteiger partial charge on any atom is 0.309 e. The van der Waals surface area contributed by atoms with Crippen LogP contribution in [-0.2, 0) is 14.3 Å². The van der Waals surface area contributed by atoms with Crippen molar-refractivity contribution in [3.63, 3.8) is 0 Å². The minimum Gasteiger partial charge on any atom is -0.462 e. The first-order valence-electron chi connectivity index (χ1n) is 6.26. The monoisotopic (exact) mass is 228 g/mol. The highest BCUT2D eigenvalue weighted by Gasteiger charge is 2.37. The molecule has 2 aliphatic heterocycles. The van der Waals surface area contributed by atoms with Crippen LogP contribution in [0, 0.1) is 5.92 Å². The fourth-order valence-electron chi connectivity index (χ4n) is 2.45. The van der Waals surface area contributed by atoms with Crippen molar-refractivity contribution in [1.82, 2.24) is 0 Å². The number of aliphatic hydroxyl groups is 1. The lowest BCUT2D eigenvalue weighted by molar-refractivity contribution is -0.143. The summed E-state index contributed by atoms with van der Waals surface area (Å²) in [5, 5.41) is 8.69. The van der Waals surface area contributed by atoms with E-state index in [1.165, 1.54) is 6.42 Å². The third-order valence-corrected chi connectivity index (χ3v) is 3.40. The quantitative estimate of drug-likeness (QED) is 0.640. The van der Waals surface area contributed by atoms with E-state index in [9.17, 15) is 4.79 Å². The molecule has 0 spiro atoms. The minimum atomic E-state index is -0.464. The third kappa shape index (κ3) is 3.19. The fraction of sp³-hybridized carbons (Fsp3) is 0.917. The zero-order chi connectivity index (χ0) is 11.4. The lowest BCUT2D eigenvalue weighted by Crippen LogP contribution is -2.17. The molecule has 1 aliphatic carbocycles. The maximum absolute atomic E-state index is 10.8. The first-order chi connectivity index (χ1) is 7.75.